The number of carboxylic acids is 2. The Morgan fingerprint density at radius 2 is 1.00 bits per heavy atom. The van der Waals surface area contributed by atoms with Gasteiger partial charge in [0, 0.05) is 5.56 Å². The molecule has 0 aliphatic carbocycles. The van der Waals surface area contributed by atoms with E-state index >= 15 is 0 Å². The third-order valence-electron chi connectivity index (χ3n) is 6.70. The van der Waals surface area contributed by atoms with Crippen molar-refractivity contribution in [1.29, 1.82) is 0 Å². The number of carbonyl (C=O) groups is 2. The molecule has 2 N–H and O–H groups in total. The molecule has 4 nitrogen and oxygen atoms in total. The quantitative estimate of drug-likeness (QED) is 0.400. The lowest BCUT2D eigenvalue weighted by Gasteiger charge is -2.21. The summed E-state index contributed by atoms with van der Waals surface area (Å²) in [5, 5.41) is 20.3. The Kier molecular flexibility index (Phi) is 6.65. The second-order valence-corrected chi connectivity index (χ2v) is 8.90. The summed E-state index contributed by atoms with van der Waals surface area (Å²) >= 11 is 0. The number of hydrogen-bond acceptors (Lipinski definition) is 2. The highest BCUT2D eigenvalue weighted by molar-refractivity contribution is 6.10. The molecule has 0 saturated carbocycles. The van der Waals surface area contributed by atoms with Crippen LogP contribution >= 0.6 is 0 Å². The highest BCUT2D eigenvalue weighted by atomic mass is 16.4. The van der Waals surface area contributed by atoms with Gasteiger partial charge in [-0.3, -0.25) is 0 Å². The number of hydrogen-bond donors (Lipinski definition) is 2. The van der Waals surface area contributed by atoms with Gasteiger partial charge in [-0.15, -0.1) is 0 Å². The first-order valence-corrected chi connectivity index (χ1v) is 11.0. The Morgan fingerprint density at radius 1 is 0.588 bits per heavy atom. The lowest BCUT2D eigenvalue weighted by atomic mass is 9.82. The molecular formula is C30H30O4. The van der Waals surface area contributed by atoms with Gasteiger partial charge >= 0.3 is 11.9 Å². The fourth-order valence-electron chi connectivity index (χ4n) is 4.64. The number of benzene rings is 3. The first-order chi connectivity index (χ1) is 15.9. The topological polar surface area (TPSA) is 74.6 Å². The van der Waals surface area contributed by atoms with Crippen molar-refractivity contribution >= 4 is 23.1 Å². The molecule has 34 heavy (non-hydrogen) atoms. The van der Waals surface area contributed by atoms with Gasteiger partial charge < -0.3 is 10.2 Å². The van der Waals surface area contributed by atoms with Crippen molar-refractivity contribution in [1.82, 2.24) is 0 Å². The molecule has 0 bridgehead atoms. The molecule has 0 amide bonds. The summed E-state index contributed by atoms with van der Waals surface area (Å²) in [6.07, 6.45) is 0. The number of allylic oxidation sites excluding steroid dienone is 2. The fraction of sp³-hybridized carbons (Fsp3) is 0.200. The van der Waals surface area contributed by atoms with E-state index in [0.29, 0.717) is 11.1 Å². The zero-order valence-corrected chi connectivity index (χ0v) is 20.6. The maximum absolute atomic E-state index is 12.7. The van der Waals surface area contributed by atoms with Crippen LogP contribution in [-0.2, 0) is 0 Å². The van der Waals surface area contributed by atoms with Gasteiger partial charge in [-0.25, -0.2) is 9.59 Å². The van der Waals surface area contributed by atoms with Crippen molar-refractivity contribution < 1.29 is 19.8 Å². The van der Waals surface area contributed by atoms with Crippen LogP contribution in [-0.4, -0.2) is 22.2 Å². The van der Waals surface area contributed by atoms with E-state index in [9.17, 15) is 19.8 Å². The fourth-order valence-corrected chi connectivity index (χ4v) is 4.64. The number of carboxylic acid groups (broad SMARTS) is 2. The van der Waals surface area contributed by atoms with Crippen LogP contribution in [0.4, 0.5) is 0 Å². The average Bonchev–Trinajstić information content (AvgIpc) is 2.75. The summed E-state index contributed by atoms with van der Waals surface area (Å²) in [6, 6.07) is 10.6. The summed E-state index contributed by atoms with van der Waals surface area (Å²) in [5.41, 5.74) is 9.51. The van der Waals surface area contributed by atoms with Gasteiger partial charge in [0.05, 0.1) is 11.1 Å². The summed E-state index contributed by atoms with van der Waals surface area (Å²) < 4.78 is 0. The van der Waals surface area contributed by atoms with Crippen molar-refractivity contribution in [3.05, 3.63) is 94.1 Å². The predicted octanol–water partition coefficient (Wildman–Crippen LogP) is 7.72. The monoisotopic (exact) mass is 454 g/mol. The third kappa shape index (κ3) is 4.08. The standard InChI is InChI=1S/C30H30O4/c1-15(2)21-9-11-23(19(7)17(21)5)25-13-14-26(29(31)32)27(28(25)30(33)34)24-12-10-22(16(3)4)18(6)20(24)8/h9-14H,1,3H2,2,4-8H3,(H,31,32)(H,33,34). The Balaban J connectivity index is 2.47. The average molecular weight is 455 g/mol. The molecule has 3 rings (SSSR count). The molecule has 3 aromatic rings. The molecular weight excluding hydrogens is 424 g/mol. The maximum atomic E-state index is 12.7. The minimum atomic E-state index is -1.17. The van der Waals surface area contributed by atoms with Crippen LogP contribution in [0, 0.1) is 27.7 Å². The van der Waals surface area contributed by atoms with Crippen LogP contribution in [0.5, 0.6) is 0 Å². The number of rotatable bonds is 6. The maximum Gasteiger partial charge on any atom is 0.336 e. The summed E-state index contributed by atoms with van der Waals surface area (Å²) in [7, 11) is 0. The van der Waals surface area contributed by atoms with Crippen LogP contribution in [0.25, 0.3) is 33.4 Å². The Morgan fingerprint density at radius 3 is 1.44 bits per heavy atom. The lowest BCUT2D eigenvalue weighted by molar-refractivity contribution is 0.0696. The second-order valence-electron chi connectivity index (χ2n) is 8.90. The number of aromatic carboxylic acids is 2. The molecule has 3 aromatic carbocycles. The van der Waals surface area contributed by atoms with E-state index in [1.165, 1.54) is 6.07 Å². The first kappa shape index (κ1) is 24.7. The lowest BCUT2D eigenvalue weighted by Crippen LogP contribution is -2.11. The highest BCUT2D eigenvalue weighted by Gasteiger charge is 2.27. The molecule has 0 atom stereocenters. The molecule has 174 valence electrons. The molecule has 0 radical (unpaired) electrons. The summed E-state index contributed by atoms with van der Waals surface area (Å²) in [5.74, 6) is -2.34. The van der Waals surface area contributed by atoms with E-state index in [0.717, 1.165) is 50.1 Å². The summed E-state index contributed by atoms with van der Waals surface area (Å²) in [6.45, 7) is 19.7. The van der Waals surface area contributed by atoms with Crippen molar-refractivity contribution in [2.45, 2.75) is 41.5 Å². The van der Waals surface area contributed by atoms with Crippen LogP contribution in [0.2, 0.25) is 0 Å². The van der Waals surface area contributed by atoms with Crippen LogP contribution in [0.15, 0.2) is 49.6 Å². The Hall–Kier alpha value is -3.92. The van der Waals surface area contributed by atoms with Crippen LogP contribution < -0.4 is 0 Å². The van der Waals surface area contributed by atoms with E-state index in [2.05, 4.69) is 13.2 Å². The first-order valence-electron chi connectivity index (χ1n) is 11.0. The zero-order chi connectivity index (χ0) is 25.5. The van der Waals surface area contributed by atoms with Gasteiger partial charge in [0.15, 0.2) is 0 Å². The van der Waals surface area contributed by atoms with E-state index in [4.69, 9.17) is 0 Å². The molecule has 0 heterocycles. The normalized spacial score (nSPS) is 10.8. The van der Waals surface area contributed by atoms with E-state index < -0.39 is 11.9 Å². The second kappa shape index (κ2) is 9.14. The van der Waals surface area contributed by atoms with E-state index in [-0.39, 0.29) is 16.7 Å². The van der Waals surface area contributed by atoms with Gasteiger partial charge in [0.25, 0.3) is 0 Å². The molecule has 0 spiro atoms. The van der Waals surface area contributed by atoms with Crippen LogP contribution in [0.1, 0.15) is 67.9 Å². The smallest absolute Gasteiger partial charge is 0.336 e. The molecule has 4 heteroatoms. The summed E-state index contributed by atoms with van der Waals surface area (Å²) in [4.78, 5) is 24.9. The van der Waals surface area contributed by atoms with Crippen molar-refractivity contribution in [2.75, 3.05) is 0 Å². The zero-order valence-electron chi connectivity index (χ0n) is 20.6. The predicted molar refractivity (Wildman–Crippen MR) is 140 cm³/mol. The molecule has 0 aliphatic rings. The van der Waals surface area contributed by atoms with Gasteiger partial charge in [-0.2, -0.15) is 0 Å². The van der Waals surface area contributed by atoms with Gasteiger partial charge in [0.1, 0.15) is 0 Å². The highest BCUT2D eigenvalue weighted by Crippen LogP contribution is 2.40. The SMILES string of the molecule is C=C(C)c1ccc(-c2ccc(C(=O)O)c(-c3ccc(C(=C)C)c(C)c3C)c2C(=O)O)c(C)c1C. The van der Waals surface area contributed by atoms with Gasteiger partial charge in [-0.1, -0.05) is 54.6 Å². The van der Waals surface area contributed by atoms with Crippen molar-refractivity contribution in [2.24, 2.45) is 0 Å². The molecule has 0 aromatic heterocycles. The minimum Gasteiger partial charge on any atom is -0.478 e. The van der Waals surface area contributed by atoms with Crippen molar-refractivity contribution in [3.8, 4) is 22.3 Å². The third-order valence-corrected chi connectivity index (χ3v) is 6.70. The van der Waals surface area contributed by atoms with Gasteiger partial charge in [0.2, 0.25) is 0 Å². The van der Waals surface area contributed by atoms with E-state index in [1.807, 2.05) is 59.7 Å². The van der Waals surface area contributed by atoms with Crippen molar-refractivity contribution in [3.63, 3.8) is 0 Å². The van der Waals surface area contributed by atoms with E-state index in [1.54, 1.807) is 12.1 Å². The molecule has 0 saturated heterocycles. The minimum absolute atomic E-state index is 0.0175. The Labute approximate surface area is 200 Å². The van der Waals surface area contributed by atoms with Gasteiger partial charge in [-0.05, 0) is 97.7 Å². The Bertz CT molecular complexity index is 1390. The van der Waals surface area contributed by atoms with Crippen LogP contribution in [0.3, 0.4) is 0 Å². The molecule has 0 aliphatic heterocycles. The molecule has 0 unspecified atom stereocenters. The molecule has 0 fully saturated rings. The largest absolute Gasteiger partial charge is 0.478 e.